The number of piperazine rings is 1. The van der Waals surface area contributed by atoms with Crippen molar-refractivity contribution in [3.05, 3.63) is 77.8 Å². The molecule has 4 rings (SSSR count). The Labute approximate surface area is 157 Å². The summed E-state index contributed by atoms with van der Waals surface area (Å²) in [5, 5.41) is 0. The molecule has 0 bridgehead atoms. The summed E-state index contributed by atoms with van der Waals surface area (Å²) in [6.07, 6.45) is 0. The number of carbonyl (C=O) groups is 1. The molecule has 4 nitrogen and oxygen atoms in total. The summed E-state index contributed by atoms with van der Waals surface area (Å²) in [7, 11) is 0. The fourth-order valence-electron chi connectivity index (χ4n) is 3.40. The van der Waals surface area contributed by atoms with Crippen molar-refractivity contribution >= 4 is 11.6 Å². The molecule has 1 aliphatic heterocycles. The summed E-state index contributed by atoms with van der Waals surface area (Å²) < 4.78 is 18.8. The Morgan fingerprint density at radius 1 is 0.963 bits per heavy atom. The van der Waals surface area contributed by atoms with Gasteiger partial charge < -0.3 is 14.2 Å². The van der Waals surface area contributed by atoms with Crippen molar-refractivity contribution in [1.82, 2.24) is 4.90 Å². The van der Waals surface area contributed by atoms with E-state index in [9.17, 15) is 9.18 Å². The van der Waals surface area contributed by atoms with E-state index in [1.807, 2.05) is 48.2 Å². The van der Waals surface area contributed by atoms with Crippen molar-refractivity contribution in [2.45, 2.75) is 6.92 Å². The Bertz CT molecular complexity index is 941. The maximum absolute atomic E-state index is 13.1. The van der Waals surface area contributed by atoms with Crippen molar-refractivity contribution in [1.29, 1.82) is 0 Å². The molecular weight excluding hydrogens is 343 g/mol. The summed E-state index contributed by atoms with van der Waals surface area (Å²) in [4.78, 5) is 16.9. The van der Waals surface area contributed by atoms with Crippen LogP contribution in [0.1, 0.15) is 16.1 Å². The molecule has 0 aliphatic carbocycles. The van der Waals surface area contributed by atoms with Crippen LogP contribution in [0.3, 0.4) is 0 Å². The van der Waals surface area contributed by atoms with Crippen molar-refractivity contribution in [3.63, 3.8) is 0 Å². The van der Waals surface area contributed by atoms with Crippen LogP contribution >= 0.6 is 0 Å². The maximum atomic E-state index is 13.1. The molecule has 3 aromatic rings. The second-order valence-corrected chi connectivity index (χ2v) is 6.75. The minimum Gasteiger partial charge on any atom is -0.461 e. The number of furan rings is 1. The van der Waals surface area contributed by atoms with Gasteiger partial charge in [-0.15, -0.1) is 0 Å². The number of halogens is 1. The van der Waals surface area contributed by atoms with Gasteiger partial charge in [-0.3, -0.25) is 4.79 Å². The van der Waals surface area contributed by atoms with Crippen LogP contribution in [-0.2, 0) is 0 Å². The van der Waals surface area contributed by atoms with E-state index in [0.29, 0.717) is 18.7 Å². The Kier molecular flexibility index (Phi) is 4.67. The Morgan fingerprint density at radius 2 is 1.70 bits per heavy atom. The lowest BCUT2D eigenvalue weighted by Gasteiger charge is -2.36. The van der Waals surface area contributed by atoms with E-state index in [1.54, 1.807) is 12.1 Å². The van der Waals surface area contributed by atoms with Gasteiger partial charge in [0.2, 0.25) is 0 Å². The lowest BCUT2D eigenvalue weighted by molar-refractivity contribution is 0.0747. The lowest BCUT2D eigenvalue weighted by atomic mass is 10.1. The van der Waals surface area contributed by atoms with Gasteiger partial charge >= 0.3 is 0 Å². The van der Waals surface area contributed by atoms with Crippen molar-refractivity contribution in [2.75, 3.05) is 31.1 Å². The third-order valence-corrected chi connectivity index (χ3v) is 4.89. The van der Waals surface area contributed by atoms with Crippen LogP contribution in [0.2, 0.25) is 0 Å². The average Bonchev–Trinajstić information content (AvgIpc) is 3.15. The fraction of sp³-hybridized carbons (Fsp3) is 0.227. The van der Waals surface area contributed by atoms with E-state index in [2.05, 4.69) is 4.90 Å². The number of anilines is 1. The van der Waals surface area contributed by atoms with Crippen molar-refractivity contribution in [2.24, 2.45) is 0 Å². The van der Waals surface area contributed by atoms with E-state index >= 15 is 0 Å². The highest BCUT2D eigenvalue weighted by atomic mass is 19.1. The second kappa shape index (κ2) is 7.27. The van der Waals surface area contributed by atoms with Crippen LogP contribution in [0.15, 0.2) is 65.1 Å². The van der Waals surface area contributed by atoms with Gasteiger partial charge in [-0.2, -0.15) is 0 Å². The van der Waals surface area contributed by atoms with Crippen molar-refractivity contribution < 1.29 is 13.6 Å². The molecule has 0 saturated carbocycles. The number of amides is 1. The molecule has 138 valence electrons. The number of hydrogen-bond donors (Lipinski definition) is 0. The van der Waals surface area contributed by atoms with E-state index in [0.717, 1.165) is 35.9 Å². The molecule has 2 heterocycles. The number of rotatable bonds is 3. The van der Waals surface area contributed by atoms with Gasteiger partial charge in [0.05, 0.1) is 0 Å². The predicted octanol–water partition coefficient (Wildman–Crippen LogP) is 4.36. The van der Waals surface area contributed by atoms with Crippen molar-refractivity contribution in [3.8, 4) is 11.3 Å². The molecule has 5 heteroatoms. The minimum absolute atomic E-state index is 0.0267. The number of carbonyl (C=O) groups excluding carboxylic acids is 1. The number of benzene rings is 2. The predicted molar refractivity (Wildman–Crippen MR) is 103 cm³/mol. The summed E-state index contributed by atoms with van der Waals surface area (Å²) >= 11 is 0. The molecule has 0 N–H and O–H groups in total. The van der Waals surface area contributed by atoms with Crippen LogP contribution in [0.4, 0.5) is 10.1 Å². The first kappa shape index (κ1) is 17.3. The van der Waals surface area contributed by atoms with Crippen LogP contribution in [0.25, 0.3) is 11.3 Å². The standard InChI is InChI=1S/C22H21FN2O2/c1-16-5-10-21(27-16)17-3-2-4-18(15-17)22(26)25-13-11-24(12-14-25)20-8-6-19(23)7-9-20/h2-10,15H,11-14H2,1H3. The zero-order chi connectivity index (χ0) is 18.8. The van der Waals surface area contributed by atoms with Crippen LogP contribution in [0, 0.1) is 12.7 Å². The highest BCUT2D eigenvalue weighted by Crippen LogP contribution is 2.24. The van der Waals surface area contributed by atoms with Gasteiger partial charge in [-0.25, -0.2) is 4.39 Å². The molecule has 0 spiro atoms. The molecule has 2 aromatic carbocycles. The van der Waals surface area contributed by atoms with E-state index in [1.165, 1.54) is 12.1 Å². The lowest BCUT2D eigenvalue weighted by Crippen LogP contribution is -2.48. The number of aryl methyl sites for hydroxylation is 1. The molecule has 27 heavy (non-hydrogen) atoms. The number of nitrogens with zero attached hydrogens (tertiary/aromatic N) is 2. The summed E-state index contributed by atoms with van der Waals surface area (Å²) in [6, 6.07) is 17.9. The Balaban J connectivity index is 1.44. The van der Waals surface area contributed by atoms with Gasteiger partial charge in [0.15, 0.2) is 0 Å². The third-order valence-electron chi connectivity index (χ3n) is 4.89. The maximum Gasteiger partial charge on any atom is 0.253 e. The fourth-order valence-corrected chi connectivity index (χ4v) is 3.40. The molecule has 1 fully saturated rings. The molecule has 1 saturated heterocycles. The molecule has 0 radical (unpaired) electrons. The molecule has 0 atom stereocenters. The van der Waals surface area contributed by atoms with Crippen LogP contribution in [-0.4, -0.2) is 37.0 Å². The SMILES string of the molecule is Cc1ccc(-c2cccc(C(=O)N3CCN(c4ccc(F)cc4)CC3)c2)o1. The second-order valence-electron chi connectivity index (χ2n) is 6.75. The summed E-state index contributed by atoms with van der Waals surface area (Å²) in [5.74, 6) is 1.40. The van der Waals surface area contributed by atoms with Crippen LogP contribution in [0.5, 0.6) is 0 Å². The first-order valence-corrected chi connectivity index (χ1v) is 9.07. The topological polar surface area (TPSA) is 36.7 Å². The highest BCUT2D eigenvalue weighted by molar-refractivity contribution is 5.95. The van der Waals surface area contributed by atoms with Crippen LogP contribution < -0.4 is 4.90 Å². The highest BCUT2D eigenvalue weighted by Gasteiger charge is 2.22. The summed E-state index contributed by atoms with van der Waals surface area (Å²) in [6.45, 7) is 4.64. The first-order valence-electron chi connectivity index (χ1n) is 9.07. The molecular formula is C22H21FN2O2. The quantitative estimate of drug-likeness (QED) is 0.693. The smallest absolute Gasteiger partial charge is 0.253 e. The molecule has 1 amide bonds. The Hall–Kier alpha value is -3.08. The average molecular weight is 364 g/mol. The normalized spacial score (nSPS) is 14.4. The van der Waals surface area contributed by atoms with E-state index < -0.39 is 0 Å². The van der Waals surface area contributed by atoms with Gasteiger partial charge in [-0.05, 0) is 55.5 Å². The molecule has 1 aromatic heterocycles. The third kappa shape index (κ3) is 3.72. The van der Waals surface area contributed by atoms with E-state index in [-0.39, 0.29) is 11.7 Å². The largest absolute Gasteiger partial charge is 0.461 e. The zero-order valence-corrected chi connectivity index (χ0v) is 15.2. The number of hydrogen-bond acceptors (Lipinski definition) is 3. The zero-order valence-electron chi connectivity index (χ0n) is 15.2. The van der Waals surface area contributed by atoms with Gasteiger partial charge in [0.1, 0.15) is 17.3 Å². The first-order chi connectivity index (χ1) is 13.1. The molecule has 1 aliphatic rings. The minimum atomic E-state index is -0.237. The summed E-state index contributed by atoms with van der Waals surface area (Å²) in [5.41, 5.74) is 2.55. The van der Waals surface area contributed by atoms with E-state index in [4.69, 9.17) is 4.42 Å². The van der Waals surface area contributed by atoms with Gasteiger partial charge in [0.25, 0.3) is 5.91 Å². The Morgan fingerprint density at radius 3 is 2.37 bits per heavy atom. The monoisotopic (exact) mass is 364 g/mol. The van der Waals surface area contributed by atoms with Gasteiger partial charge in [-0.1, -0.05) is 12.1 Å². The van der Waals surface area contributed by atoms with Gasteiger partial charge in [0, 0.05) is 43.0 Å². The molecule has 0 unspecified atom stereocenters.